The van der Waals surface area contributed by atoms with Crippen LogP contribution in [-0.2, 0) is 6.54 Å². The highest BCUT2D eigenvalue weighted by Gasteiger charge is 2.27. The average molecular weight is 332 g/mol. The Morgan fingerprint density at radius 1 is 1.08 bits per heavy atom. The van der Waals surface area contributed by atoms with Crippen molar-refractivity contribution in [1.29, 1.82) is 0 Å². The van der Waals surface area contributed by atoms with Crippen LogP contribution in [0.3, 0.4) is 0 Å². The molecule has 0 saturated carbocycles. The van der Waals surface area contributed by atoms with E-state index in [1.807, 2.05) is 53.4 Å². The first-order valence-electron chi connectivity index (χ1n) is 8.32. The van der Waals surface area contributed by atoms with E-state index in [1.165, 1.54) is 0 Å². The van der Waals surface area contributed by atoms with Crippen molar-refractivity contribution in [1.82, 2.24) is 19.7 Å². The van der Waals surface area contributed by atoms with Crippen molar-refractivity contribution in [2.24, 2.45) is 0 Å². The molecular weight excluding hydrogens is 316 g/mol. The number of imidazole rings is 1. The quantitative estimate of drug-likeness (QED) is 0.575. The largest absolute Gasteiger partial charge is 0.493 e. The summed E-state index contributed by atoms with van der Waals surface area (Å²) in [6.45, 7) is 1.19. The van der Waals surface area contributed by atoms with Crippen LogP contribution in [0.5, 0.6) is 5.75 Å². The van der Waals surface area contributed by atoms with Crippen molar-refractivity contribution in [2.45, 2.75) is 18.9 Å². The molecule has 0 spiro atoms. The number of hydrogen-bond acceptors (Lipinski definition) is 5. The minimum absolute atomic E-state index is 0.0886. The second-order valence-electron chi connectivity index (χ2n) is 6.14. The van der Waals surface area contributed by atoms with Crippen molar-refractivity contribution >= 4 is 11.0 Å². The maximum Gasteiger partial charge on any atom is 0.234 e. The number of para-hydroxylation sites is 3. The van der Waals surface area contributed by atoms with Gasteiger partial charge in [-0.15, -0.1) is 0 Å². The molecule has 1 aliphatic rings. The van der Waals surface area contributed by atoms with Crippen LogP contribution in [0.15, 0.2) is 59.4 Å². The molecule has 4 aromatic rings. The van der Waals surface area contributed by atoms with E-state index < -0.39 is 0 Å². The monoisotopic (exact) mass is 332 g/mol. The molecule has 6 heteroatoms. The lowest BCUT2D eigenvalue weighted by Gasteiger charge is -2.22. The molecule has 0 saturated heterocycles. The van der Waals surface area contributed by atoms with Crippen LogP contribution in [0.4, 0.5) is 0 Å². The Morgan fingerprint density at radius 3 is 2.96 bits per heavy atom. The van der Waals surface area contributed by atoms with E-state index in [0.29, 0.717) is 24.9 Å². The summed E-state index contributed by atoms with van der Waals surface area (Å²) in [4.78, 5) is 9.03. The summed E-state index contributed by atoms with van der Waals surface area (Å²) in [6.07, 6.45) is 2.65. The van der Waals surface area contributed by atoms with Gasteiger partial charge < -0.3 is 13.8 Å². The summed E-state index contributed by atoms with van der Waals surface area (Å²) in [6, 6.07) is 16.0. The predicted octanol–water partition coefficient (Wildman–Crippen LogP) is 3.38. The van der Waals surface area contributed by atoms with E-state index in [-0.39, 0.29) is 5.92 Å². The molecule has 0 fully saturated rings. The van der Waals surface area contributed by atoms with E-state index in [9.17, 15) is 0 Å². The van der Waals surface area contributed by atoms with Gasteiger partial charge in [0, 0.05) is 5.56 Å². The first-order valence-corrected chi connectivity index (χ1v) is 8.32. The van der Waals surface area contributed by atoms with Gasteiger partial charge in [-0.05, 0) is 24.6 Å². The standard InChI is InChI=1S/C19H16N4O2/c1-4-8-17-13(5-1)14(9-10-24-17)19-21-18(22-25-19)11-23-12-20-15-6-2-3-7-16(15)23/h1-8,12,14H,9-11H2. The van der Waals surface area contributed by atoms with Gasteiger partial charge in [0.25, 0.3) is 0 Å². The molecule has 1 atom stereocenters. The van der Waals surface area contributed by atoms with Gasteiger partial charge >= 0.3 is 0 Å². The molecule has 124 valence electrons. The van der Waals surface area contributed by atoms with Crippen LogP contribution in [0.25, 0.3) is 11.0 Å². The van der Waals surface area contributed by atoms with E-state index in [2.05, 4.69) is 21.2 Å². The molecular formula is C19H16N4O2. The fraction of sp³-hybridized carbons (Fsp3) is 0.211. The Labute approximate surface area is 144 Å². The minimum atomic E-state index is 0.0886. The Hall–Kier alpha value is -3.15. The summed E-state index contributed by atoms with van der Waals surface area (Å²) >= 11 is 0. The van der Waals surface area contributed by atoms with Gasteiger partial charge in [-0.1, -0.05) is 35.5 Å². The fourth-order valence-electron chi connectivity index (χ4n) is 3.36. The van der Waals surface area contributed by atoms with E-state index >= 15 is 0 Å². The summed E-state index contributed by atoms with van der Waals surface area (Å²) in [5.74, 6) is 2.29. The lowest BCUT2D eigenvalue weighted by molar-refractivity contribution is 0.256. The van der Waals surface area contributed by atoms with Gasteiger partial charge in [0.15, 0.2) is 5.82 Å². The molecule has 2 aromatic heterocycles. The summed E-state index contributed by atoms with van der Waals surface area (Å²) in [5.41, 5.74) is 3.13. The van der Waals surface area contributed by atoms with Crippen molar-refractivity contribution in [3.63, 3.8) is 0 Å². The third kappa shape index (κ3) is 2.46. The van der Waals surface area contributed by atoms with E-state index in [0.717, 1.165) is 28.8 Å². The second-order valence-corrected chi connectivity index (χ2v) is 6.14. The molecule has 0 amide bonds. The lowest BCUT2D eigenvalue weighted by atomic mass is 9.93. The van der Waals surface area contributed by atoms with Crippen LogP contribution in [0.2, 0.25) is 0 Å². The number of rotatable bonds is 3. The molecule has 25 heavy (non-hydrogen) atoms. The predicted molar refractivity (Wildman–Crippen MR) is 91.5 cm³/mol. The Morgan fingerprint density at radius 2 is 1.96 bits per heavy atom. The Bertz CT molecular complexity index is 1040. The van der Waals surface area contributed by atoms with Crippen molar-refractivity contribution < 1.29 is 9.26 Å². The molecule has 0 bridgehead atoms. The maximum absolute atomic E-state index is 5.71. The number of benzene rings is 2. The molecule has 3 heterocycles. The highest BCUT2D eigenvalue weighted by atomic mass is 16.5. The Kier molecular flexibility index (Phi) is 3.26. The zero-order valence-corrected chi connectivity index (χ0v) is 13.5. The van der Waals surface area contributed by atoms with Crippen LogP contribution < -0.4 is 4.74 Å². The van der Waals surface area contributed by atoms with Gasteiger partial charge in [-0.25, -0.2) is 4.98 Å². The molecule has 2 aromatic carbocycles. The van der Waals surface area contributed by atoms with Crippen LogP contribution in [0, 0.1) is 0 Å². The normalized spacial score (nSPS) is 16.6. The molecule has 0 radical (unpaired) electrons. The molecule has 0 aliphatic carbocycles. The molecule has 0 N–H and O–H groups in total. The lowest BCUT2D eigenvalue weighted by Crippen LogP contribution is -2.15. The number of hydrogen-bond donors (Lipinski definition) is 0. The van der Waals surface area contributed by atoms with Gasteiger partial charge in [0.1, 0.15) is 5.75 Å². The first-order chi connectivity index (χ1) is 12.4. The van der Waals surface area contributed by atoms with Crippen LogP contribution in [-0.4, -0.2) is 26.3 Å². The molecule has 1 aliphatic heterocycles. The Balaban J connectivity index is 1.45. The van der Waals surface area contributed by atoms with Crippen molar-refractivity contribution in [3.8, 4) is 5.75 Å². The van der Waals surface area contributed by atoms with E-state index in [1.54, 1.807) is 0 Å². The highest BCUT2D eigenvalue weighted by molar-refractivity contribution is 5.74. The topological polar surface area (TPSA) is 66.0 Å². The summed E-state index contributed by atoms with van der Waals surface area (Å²) < 4.78 is 13.3. The smallest absolute Gasteiger partial charge is 0.234 e. The summed E-state index contributed by atoms with van der Waals surface area (Å²) in [5, 5.41) is 4.17. The van der Waals surface area contributed by atoms with Gasteiger partial charge in [0.05, 0.1) is 36.4 Å². The zero-order chi connectivity index (χ0) is 16.6. The number of fused-ring (bicyclic) bond motifs is 2. The molecule has 1 unspecified atom stereocenters. The van der Waals surface area contributed by atoms with E-state index in [4.69, 9.17) is 9.26 Å². The number of aromatic nitrogens is 4. The van der Waals surface area contributed by atoms with Gasteiger partial charge in [0.2, 0.25) is 5.89 Å². The third-order valence-electron chi connectivity index (χ3n) is 4.58. The first kappa shape index (κ1) is 14.2. The summed E-state index contributed by atoms with van der Waals surface area (Å²) in [7, 11) is 0. The SMILES string of the molecule is c1ccc2c(c1)OCCC2c1nc(Cn2cnc3ccccc32)no1. The number of ether oxygens (including phenoxy) is 1. The third-order valence-corrected chi connectivity index (χ3v) is 4.58. The van der Waals surface area contributed by atoms with Crippen LogP contribution >= 0.6 is 0 Å². The van der Waals surface area contributed by atoms with Crippen LogP contribution in [0.1, 0.15) is 29.6 Å². The maximum atomic E-state index is 5.71. The molecule has 5 rings (SSSR count). The fourth-order valence-corrected chi connectivity index (χ4v) is 3.36. The second kappa shape index (κ2) is 5.73. The van der Waals surface area contributed by atoms with Crippen molar-refractivity contribution in [2.75, 3.05) is 6.61 Å². The van der Waals surface area contributed by atoms with Gasteiger partial charge in [-0.2, -0.15) is 4.98 Å². The average Bonchev–Trinajstić information content (AvgIpc) is 3.29. The van der Waals surface area contributed by atoms with Gasteiger partial charge in [-0.3, -0.25) is 0 Å². The van der Waals surface area contributed by atoms with Crippen molar-refractivity contribution in [3.05, 3.63) is 72.1 Å². The minimum Gasteiger partial charge on any atom is -0.493 e. The molecule has 6 nitrogen and oxygen atoms in total. The highest BCUT2D eigenvalue weighted by Crippen LogP contribution is 2.37. The number of nitrogens with zero attached hydrogens (tertiary/aromatic N) is 4. The zero-order valence-electron chi connectivity index (χ0n) is 13.5.